The summed E-state index contributed by atoms with van der Waals surface area (Å²) in [4.78, 5) is 26.6. The molecule has 0 saturated heterocycles. The van der Waals surface area contributed by atoms with Crippen molar-refractivity contribution in [1.82, 2.24) is 20.2 Å². The van der Waals surface area contributed by atoms with Gasteiger partial charge in [0.2, 0.25) is 0 Å². The van der Waals surface area contributed by atoms with E-state index in [4.69, 9.17) is 5.11 Å². The predicted octanol–water partition coefficient (Wildman–Crippen LogP) is 1.07. The summed E-state index contributed by atoms with van der Waals surface area (Å²) in [7, 11) is 0. The molecule has 1 aliphatic rings. The van der Waals surface area contributed by atoms with Gasteiger partial charge in [0.05, 0.1) is 12.2 Å². The van der Waals surface area contributed by atoms with Gasteiger partial charge in [0, 0.05) is 32.0 Å². The third-order valence-corrected chi connectivity index (χ3v) is 3.94. The third kappa shape index (κ3) is 4.77. The van der Waals surface area contributed by atoms with Crippen LogP contribution in [0, 0.1) is 11.8 Å². The number of aryl methyl sites for hydroxylation is 1. The Balaban J connectivity index is 1.58. The molecule has 0 aromatic carbocycles. The van der Waals surface area contributed by atoms with Gasteiger partial charge >= 0.3 is 12.0 Å². The number of carboxylic acid groups (broad SMARTS) is 1. The average Bonchev–Trinajstić information content (AvgIpc) is 3.12. The normalized spacial score (nSPS) is 21.1. The van der Waals surface area contributed by atoms with Crippen LogP contribution in [0.5, 0.6) is 0 Å². The number of nitrogens with zero attached hydrogens (tertiary/aromatic N) is 2. The third-order valence-electron chi connectivity index (χ3n) is 3.94. The summed E-state index contributed by atoms with van der Waals surface area (Å²) in [5.74, 6) is -1.01. The number of urea groups is 1. The minimum Gasteiger partial charge on any atom is -0.481 e. The molecule has 0 spiro atoms. The van der Waals surface area contributed by atoms with Crippen molar-refractivity contribution in [3.05, 3.63) is 18.7 Å². The molecule has 116 valence electrons. The first-order valence-electron chi connectivity index (χ1n) is 7.37. The molecule has 7 heteroatoms. The molecule has 1 aliphatic carbocycles. The van der Waals surface area contributed by atoms with E-state index in [1.807, 2.05) is 10.8 Å². The van der Waals surface area contributed by atoms with Crippen LogP contribution >= 0.6 is 0 Å². The Morgan fingerprint density at radius 1 is 1.33 bits per heavy atom. The van der Waals surface area contributed by atoms with E-state index in [1.54, 1.807) is 12.5 Å². The van der Waals surface area contributed by atoms with Crippen molar-refractivity contribution in [2.24, 2.45) is 11.8 Å². The maximum absolute atomic E-state index is 11.6. The zero-order valence-corrected chi connectivity index (χ0v) is 12.0. The molecule has 2 atom stereocenters. The quantitative estimate of drug-likeness (QED) is 0.655. The first kappa shape index (κ1) is 15.3. The molecule has 0 aliphatic heterocycles. The van der Waals surface area contributed by atoms with Gasteiger partial charge in [-0.25, -0.2) is 9.78 Å². The van der Waals surface area contributed by atoms with Gasteiger partial charge in [-0.3, -0.25) is 4.79 Å². The summed E-state index contributed by atoms with van der Waals surface area (Å²) in [6, 6.07) is -0.225. The summed E-state index contributed by atoms with van der Waals surface area (Å²) < 4.78 is 1.95. The van der Waals surface area contributed by atoms with Crippen LogP contribution in [0.1, 0.15) is 25.7 Å². The van der Waals surface area contributed by atoms with Crippen LogP contribution in [0.2, 0.25) is 0 Å². The van der Waals surface area contributed by atoms with E-state index in [0.717, 1.165) is 25.8 Å². The first-order valence-corrected chi connectivity index (χ1v) is 7.37. The van der Waals surface area contributed by atoms with Crippen LogP contribution in [0.15, 0.2) is 18.7 Å². The number of carboxylic acids is 1. The van der Waals surface area contributed by atoms with Crippen molar-refractivity contribution in [3.8, 4) is 0 Å². The van der Waals surface area contributed by atoms with Gasteiger partial charge in [0.25, 0.3) is 0 Å². The molecule has 21 heavy (non-hydrogen) atoms. The number of carbonyl (C=O) groups excluding carboxylic acids is 1. The van der Waals surface area contributed by atoms with Gasteiger partial charge in [0.15, 0.2) is 0 Å². The van der Waals surface area contributed by atoms with Gasteiger partial charge in [-0.1, -0.05) is 6.42 Å². The van der Waals surface area contributed by atoms with E-state index in [0.29, 0.717) is 19.5 Å². The van der Waals surface area contributed by atoms with Crippen LogP contribution in [0.4, 0.5) is 4.79 Å². The number of nitrogens with one attached hydrogen (secondary N) is 2. The standard InChI is InChI=1S/C14H22N4O3/c19-13(20)12-4-1-3-11(12)9-17-14(21)16-5-2-7-18-8-6-15-10-18/h6,8,10-12H,1-5,7,9H2,(H,19,20)(H2,16,17,21). The molecular formula is C14H22N4O3. The van der Waals surface area contributed by atoms with Crippen molar-refractivity contribution >= 4 is 12.0 Å². The van der Waals surface area contributed by atoms with Crippen molar-refractivity contribution in [3.63, 3.8) is 0 Å². The average molecular weight is 294 g/mol. The molecule has 2 amide bonds. The highest BCUT2D eigenvalue weighted by Crippen LogP contribution is 2.31. The van der Waals surface area contributed by atoms with Gasteiger partial charge in [-0.05, 0) is 25.2 Å². The minimum absolute atomic E-state index is 0.0548. The van der Waals surface area contributed by atoms with Crippen molar-refractivity contribution < 1.29 is 14.7 Å². The van der Waals surface area contributed by atoms with E-state index >= 15 is 0 Å². The van der Waals surface area contributed by atoms with E-state index in [2.05, 4.69) is 15.6 Å². The summed E-state index contributed by atoms with van der Waals surface area (Å²) in [6.45, 7) is 1.82. The van der Waals surface area contributed by atoms with Crippen molar-refractivity contribution in [2.75, 3.05) is 13.1 Å². The first-order chi connectivity index (χ1) is 10.2. The molecule has 2 unspecified atom stereocenters. The second kappa shape index (κ2) is 7.66. The number of amides is 2. The molecule has 0 radical (unpaired) electrons. The van der Waals surface area contributed by atoms with Crippen LogP contribution in [-0.4, -0.2) is 39.7 Å². The van der Waals surface area contributed by atoms with Crippen molar-refractivity contribution in [1.29, 1.82) is 0 Å². The van der Waals surface area contributed by atoms with Gasteiger partial charge in [-0.2, -0.15) is 0 Å². The molecule has 2 rings (SSSR count). The Bertz CT molecular complexity index is 461. The molecule has 1 saturated carbocycles. The van der Waals surface area contributed by atoms with Crippen LogP contribution in [0.3, 0.4) is 0 Å². The maximum Gasteiger partial charge on any atom is 0.314 e. The van der Waals surface area contributed by atoms with E-state index in [1.165, 1.54) is 0 Å². The topological polar surface area (TPSA) is 96.3 Å². The number of imidazole rings is 1. The molecular weight excluding hydrogens is 272 g/mol. The Labute approximate surface area is 123 Å². The lowest BCUT2D eigenvalue weighted by atomic mass is 9.96. The smallest absolute Gasteiger partial charge is 0.314 e. The maximum atomic E-state index is 11.6. The minimum atomic E-state index is -0.750. The number of aliphatic carboxylic acids is 1. The molecule has 1 aromatic heterocycles. The van der Waals surface area contributed by atoms with Gasteiger partial charge < -0.3 is 20.3 Å². The fraction of sp³-hybridized carbons (Fsp3) is 0.643. The number of aromatic nitrogens is 2. The van der Waals surface area contributed by atoms with Gasteiger partial charge in [-0.15, -0.1) is 0 Å². The monoisotopic (exact) mass is 294 g/mol. The summed E-state index contributed by atoms with van der Waals surface area (Å²) >= 11 is 0. The predicted molar refractivity (Wildman–Crippen MR) is 76.7 cm³/mol. The molecule has 1 heterocycles. The largest absolute Gasteiger partial charge is 0.481 e. The van der Waals surface area contributed by atoms with Crippen LogP contribution in [-0.2, 0) is 11.3 Å². The lowest BCUT2D eigenvalue weighted by Gasteiger charge is -2.16. The molecule has 3 N–H and O–H groups in total. The highest BCUT2D eigenvalue weighted by Gasteiger charge is 2.32. The highest BCUT2D eigenvalue weighted by molar-refractivity contribution is 5.74. The number of hydrogen-bond acceptors (Lipinski definition) is 3. The summed E-state index contributed by atoms with van der Waals surface area (Å²) in [6.07, 6.45) is 8.69. The Hall–Kier alpha value is -2.05. The lowest BCUT2D eigenvalue weighted by molar-refractivity contribution is -0.142. The Morgan fingerprint density at radius 2 is 2.19 bits per heavy atom. The fourth-order valence-corrected chi connectivity index (χ4v) is 2.78. The fourth-order valence-electron chi connectivity index (χ4n) is 2.78. The zero-order chi connectivity index (χ0) is 15.1. The lowest BCUT2D eigenvalue weighted by Crippen LogP contribution is -2.40. The van der Waals surface area contributed by atoms with E-state index in [9.17, 15) is 9.59 Å². The highest BCUT2D eigenvalue weighted by atomic mass is 16.4. The van der Waals surface area contributed by atoms with Gasteiger partial charge in [0.1, 0.15) is 0 Å². The summed E-state index contributed by atoms with van der Waals surface area (Å²) in [5, 5.41) is 14.6. The second-order valence-corrected chi connectivity index (χ2v) is 5.43. The second-order valence-electron chi connectivity index (χ2n) is 5.43. The Kier molecular flexibility index (Phi) is 5.59. The number of carbonyl (C=O) groups is 2. The molecule has 0 bridgehead atoms. The van der Waals surface area contributed by atoms with E-state index in [-0.39, 0.29) is 17.9 Å². The van der Waals surface area contributed by atoms with Crippen molar-refractivity contribution in [2.45, 2.75) is 32.2 Å². The molecule has 1 aromatic rings. The zero-order valence-electron chi connectivity index (χ0n) is 12.0. The number of rotatable bonds is 7. The molecule has 7 nitrogen and oxygen atoms in total. The van der Waals surface area contributed by atoms with Crippen LogP contribution in [0.25, 0.3) is 0 Å². The molecule has 1 fully saturated rings. The summed E-state index contributed by atoms with van der Waals surface area (Å²) in [5.41, 5.74) is 0. The van der Waals surface area contributed by atoms with Crippen LogP contribution < -0.4 is 10.6 Å². The number of hydrogen-bond donors (Lipinski definition) is 3. The SMILES string of the molecule is O=C(NCCCn1ccnc1)NCC1CCCC1C(=O)O. The van der Waals surface area contributed by atoms with E-state index < -0.39 is 5.97 Å². The Morgan fingerprint density at radius 3 is 2.90 bits per heavy atom.